The van der Waals surface area contributed by atoms with E-state index in [1.165, 1.54) is 0 Å². The van der Waals surface area contributed by atoms with E-state index in [4.69, 9.17) is 4.42 Å². The van der Waals surface area contributed by atoms with Gasteiger partial charge in [0.15, 0.2) is 0 Å². The molecule has 0 amide bonds. The lowest BCUT2D eigenvalue weighted by Crippen LogP contribution is -2.09. The van der Waals surface area contributed by atoms with Crippen LogP contribution in [0.15, 0.2) is 68.4 Å². The summed E-state index contributed by atoms with van der Waals surface area (Å²) in [7, 11) is 0. The van der Waals surface area contributed by atoms with Crippen molar-refractivity contribution in [2.45, 2.75) is 6.54 Å². The first-order valence-corrected chi connectivity index (χ1v) is 9.25. The van der Waals surface area contributed by atoms with Crippen molar-refractivity contribution in [1.29, 1.82) is 0 Å². The molecule has 28 heavy (non-hydrogen) atoms. The third-order valence-corrected chi connectivity index (χ3v) is 5.28. The Morgan fingerprint density at radius 2 is 1.93 bits per heavy atom. The van der Waals surface area contributed by atoms with Crippen molar-refractivity contribution < 1.29 is 13.2 Å². The molecule has 138 valence electrons. The first-order chi connectivity index (χ1) is 13.5. The molecular formula is C21H11BrF2N2O2. The van der Waals surface area contributed by atoms with Crippen molar-refractivity contribution in [3.05, 3.63) is 86.8 Å². The molecule has 4 nitrogen and oxygen atoms in total. The quantitative estimate of drug-likeness (QED) is 0.370. The lowest BCUT2D eigenvalue weighted by molar-refractivity contribution is 0.551. The van der Waals surface area contributed by atoms with Crippen LogP contribution >= 0.6 is 15.9 Å². The average Bonchev–Trinajstić information content (AvgIpc) is 2.99. The third kappa shape index (κ3) is 2.54. The van der Waals surface area contributed by atoms with Crippen LogP contribution in [-0.2, 0) is 6.54 Å². The van der Waals surface area contributed by atoms with E-state index in [1.54, 1.807) is 16.8 Å². The maximum Gasteiger partial charge on any atom is 0.362 e. The van der Waals surface area contributed by atoms with Gasteiger partial charge in [-0.15, -0.1) is 0 Å². The Kier molecular flexibility index (Phi) is 3.80. The minimum Gasteiger partial charge on any atom is -0.402 e. The van der Waals surface area contributed by atoms with Crippen LogP contribution in [0.25, 0.3) is 32.9 Å². The summed E-state index contributed by atoms with van der Waals surface area (Å²) >= 11 is 3.46. The molecule has 0 radical (unpaired) electrons. The van der Waals surface area contributed by atoms with Gasteiger partial charge in [-0.25, -0.2) is 18.6 Å². The summed E-state index contributed by atoms with van der Waals surface area (Å²) in [6, 6.07) is 12.4. The largest absolute Gasteiger partial charge is 0.402 e. The predicted octanol–water partition coefficient (Wildman–Crippen LogP) is 5.38. The number of benzene rings is 2. The Bertz CT molecular complexity index is 1460. The van der Waals surface area contributed by atoms with E-state index < -0.39 is 17.3 Å². The monoisotopic (exact) mass is 440 g/mol. The zero-order valence-corrected chi connectivity index (χ0v) is 15.8. The van der Waals surface area contributed by atoms with Gasteiger partial charge in [0.25, 0.3) is 0 Å². The second-order valence-corrected chi connectivity index (χ2v) is 7.37. The van der Waals surface area contributed by atoms with E-state index in [0.29, 0.717) is 16.3 Å². The summed E-state index contributed by atoms with van der Waals surface area (Å²) < 4.78 is 35.8. The molecule has 0 aliphatic heterocycles. The molecule has 0 saturated carbocycles. The summed E-state index contributed by atoms with van der Waals surface area (Å²) in [5.74, 6) is -1.08. The molecule has 5 aromatic rings. The van der Waals surface area contributed by atoms with Gasteiger partial charge in [0, 0.05) is 37.9 Å². The van der Waals surface area contributed by atoms with E-state index in [9.17, 15) is 13.6 Å². The maximum absolute atomic E-state index is 14.3. The van der Waals surface area contributed by atoms with Gasteiger partial charge in [0.05, 0.1) is 6.54 Å². The molecule has 5 rings (SSSR count). The van der Waals surface area contributed by atoms with E-state index in [2.05, 4.69) is 20.9 Å². The summed E-state index contributed by atoms with van der Waals surface area (Å²) in [5.41, 5.74) is 0.802. The van der Waals surface area contributed by atoms with Gasteiger partial charge in [-0.05, 0) is 48.5 Å². The lowest BCUT2D eigenvalue weighted by Gasteiger charge is -2.08. The van der Waals surface area contributed by atoms with Gasteiger partial charge in [0.2, 0.25) is 5.71 Å². The molecule has 0 N–H and O–H groups in total. The summed E-state index contributed by atoms with van der Waals surface area (Å²) in [6.45, 7) is -0.0121. The fourth-order valence-electron chi connectivity index (χ4n) is 3.61. The molecular weight excluding hydrogens is 430 g/mol. The normalized spacial score (nSPS) is 11.7. The zero-order valence-electron chi connectivity index (χ0n) is 14.2. The van der Waals surface area contributed by atoms with Crippen LogP contribution in [0.1, 0.15) is 5.56 Å². The van der Waals surface area contributed by atoms with E-state index in [0.717, 1.165) is 28.1 Å². The van der Waals surface area contributed by atoms with Crippen molar-refractivity contribution in [3.63, 3.8) is 0 Å². The third-order valence-electron chi connectivity index (χ3n) is 4.78. The molecule has 0 unspecified atom stereocenters. The van der Waals surface area contributed by atoms with Gasteiger partial charge < -0.3 is 8.98 Å². The number of rotatable bonds is 2. The summed E-state index contributed by atoms with van der Waals surface area (Å²) in [6.07, 6.45) is 1.55. The molecule has 0 fully saturated rings. The van der Waals surface area contributed by atoms with Crippen LogP contribution in [0.3, 0.4) is 0 Å². The SMILES string of the molecule is O=c1oc2ncccc2c2c3cc(Br)ccc3n(Cc3cc(F)ccc3F)c12. The van der Waals surface area contributed by atoms with E-state index >= 15 is 0 Å². The van der Waals surface area contributed by atoms with Crippen molar-refractivity contribution in [2.75, 3.05) is 0 Å². The Balaban J connectivity index is 1.94. The molecule has 0 aliphatic rings. The standard InChI is InChI=1S/C21H11BrF2N2O2/c22-12-3-6-17-15(9-12)18-14-2-1-7-25-20(14)28-21(27)19(18)26(17)10-11-8-13(23)4-5-16(11)24/h1-9H,10H2. The second-order valence-electron chi connectivity index (χ2n) is 6.45. The molecule has 3 aromatic heterocycles. The van der Waals surface area contributed by atoms with E-state index in [1.807, 2.05) is 24.3 Å². The molecule has 0 bridgehead atoms. The first kappa shape index (κ1) is 17.1. The minimum absolute atomic E-state index is 0.0121. The van der Waals surface area contributed by atoms with Gasteiger partial charge in [0.1, 0.15) is 17.2 Å². The number of fused-ring (bicyclic) bond motifs is 5. The van der Waals surface area contributed by atoms with Crippen LogP contribution in [-0.4, -0.2) is 9.55 Å². The van der Waals surface area contributed by atoms with Crippen molar-refractivity contribution in [2.24, 2.45) is 0 Å². The Labute approximate surface area is 165 Å². The highest BCUT2D eigenvalue weighted by molar-refractivity contribution is 9.10. The lowest BCUT2D eigenvalue weighted by atomic mass is 10.1. The fraction of sp³-hybridized carbons (Fsp3) is 0.0476. The van der Waals surface area contributed by atoms with Crippen LogP contribution < -0.4 is 5.63 Å². The first-order valence-electron chi connectivity index (χ1n) is 8.46. The van der Waals surface area contributed by atoms with Crippen LogP contribution in [0.4, 0.5) is 8.78 Å². The van der Waals surface area contributed by atoms with Gasteiger partial charge in [-0.3, -0.25) is 0 Å². The number of aromatic nitrogens is 2. The summed E-state index contributed by atoms with van der Waals surface area (Å²) in [5, 5.41) is 2.15. The second kappa shape index (κ2) is 6.24. The fourth-order valence-corrected chi connectivity index (χ4v) is 3.97. The highest BCUT2D eigenvalue weighted by Crippen LogP contribution is 2.34. The van der Waals surface area contributed by atoms with E-state index in [-0.39, 0.29) is 23.3 Å². The van der Waals surface area contributed by atoms with Gasteiger partial charge in [-0.2, -0.15) is 0 Å². The average molecular weight is 441 g/mol. The Morgan fingerprint density at radius 1 is 1.07 bits per heavy atom. The number of pyridine rings is 1. The van der Waals surface area contributed by atoms with Crippen molar-refractivity contribution >= 4 is 48.8 Å². The Morgan fingerprint density at radius 3 is 2.79 bits per heavy atom. The molecule has 3 heterocycles. The topological polar surface area (TPSA) is 48.0 Å². The molecule has 0 aliphatic carbocycles. The molecule has 0 saturated heterocycles. The minimum atomic E-state index is -0.578. The molecule has 0 atom stereocenters. The smallest absolute Gasteiger partial charge is 0.362 e. The molecule has 2 aromatic carbocycles. The highest BCUT2D eigenvalue weighted by Gasteiger charge is 2.20. The number of hydrogen-bond donors (Lipinski definition) is 0. The van der Waals surface area contributed by atoms with Gasteiger partial charge in [-0.1, -0.05) is 15.9 Å². The van der Waals surface area contributed by atoms with Crippen molar-refractivity contribution in [1.82, 2.24) is 9.55 Å². The molecule has 0 spiro atoms. The van der Waals surface area contributed by atoms with Crippen LogP contribution in [0, 0.1) is 11.6 Å². The summed E-state index contributed by atoms with van der Waals surface area (Å²) in [4.78, 5) is 16.9. The zero-order chi connectivity index (χ0) is 19.4. The van der Waals surface area contributed by atoms with Crippen LogP contribution in [0.2, 0.25) is 0 Å². The highest BCUT2D eigenvalue weighted by atomic mass is 79.9. The number of halogens is 3. The van der Waals surface area contributed by atoms with Gasteiger partial charge >= 0.3 is 5.63 Å². The number of hydrogen-bond acceptors (Lipinski definition) is 3. The number of nitrogens with zero attached hydrogens (tertiary/aromatic N) is 2. The molecule has 7 heteroatoms. The Hall–Kier alpha value is -3.06. The van der Waals surface area contributed by atoms with Crippen LogP contribution in [0.5, 0.6) is 0 Å². The van der Waals surface area contributed by atoms with Crippen molar-refractivity contribution in [3.8, 4) is 0 Å². The maximum atomic E-state index is 14.3. The predicted molar refractivity (Wildman–Crippen MR) is 106 cm³/mol.